The molecule has 0 bridgehead atoms. The molecule has 1 heterocycles. The summed E-state index contributed by atoms with van der Waals surface area (Å²) in [5.74, 6) is -2.35. The summed E-state index contributed by atoms with van der Waals surface area (Å²) < 4.78 is 24.9. The Hall–Kier alpha value is -4.51. The molecule has 1 fully saturated rings. The smallest absolute Gasteiger partial charge is 0.335 e. The fourth-order valence-electron chi connectivity index (χ4n) is 3.47. The highest BCUT2D eigenvalue weighted by atomic mass is 79.9. The van der Waals surface area contributed by atoms with Gasteiger partial charge in [-0.25, -0.2) is 14.1 Å². The van der Waals surface area contributed by atoms with Gasteiger partial charge in [-0.15, -0.1) is 0 Å². The maximum Gasteiger partial charge on any atom is 0.335 e. The minimum Gasteiger partial charge on any atom is -0.493 e. The predicted octanol–water partition coefficient (Wildman–Crippen LogP) is 4.28. The molecule has 9 nitrogen and oxygen atoms in total. The second-order valence-electron chi connectivity index (χ2n) is 7.66. The lowest BCUT2D eigenvalue weighted by Crippen LogP contribution is -2.54. The van der Waals surface area contributed by atoms with Crippen molar-refractivity contribution in [1.82, 2.24) is 5.32 Å². The first-order valence-electron chi connectivity index (χ1n) is 10.8. The molecule has 11 heteroatoms. The first-order valence-corrected chi connectivity index (χ1v) is 11.6. The zero-order valence-electron chi connectivity index (χ0n) is 19.3. The van der Waals surface area contributed by atoms with Crippen molar-refractivity contribution in [2.45, 2.75) is 0 Å². The minimum absolute atomic E-state index is 0.0967. The number of nitrogens with zero attached hydrogens (tertiary/aromatic N) is 1. The number of anilines is 2. The highest BCUT2D eigenvalue weighted by Gasteiger charge is 2.37. The van der Waals surface area contributed by atoms with Crippen LogP contribution in [-0.2, 0) is 14.4 Å². The summed E-state index contributed by atoms with van der Waals surface area (Å²) >= 11 is 3.29. The van der Waals surface area contributed by atoms with Crippen molar-refractivity contribution in [3.8, 4) is 11.5 Å². The Kier molecular flexibility index (Phi) is 7.63. The maximum absolute atomic E-state index is 13.2. The van der Waals surface area contributed by atoms with E-state index >= 15 is 0 Å². The van der Waals surface area contributed by atoms with Crippen LogP contribution in [0.15, 0.2) is 76.8 Å². The molecule has 0 saturated carbocycles. The zero-order chi connectivity index (χ0) is 26.5. The molecule has 188 valence electrons. The molecule has 37 heavy (non-hydrogen) atoms. The van der Waals surface area contributed by atoms with Crippen LogP contribution >= 0.6 is 15.9 Å². The molecule has 0 radical (unpaired) electrons. The number of nitrogens with one attached hydrogen (secondary N) is 2. The molecular weight excluding hydrogens is 549 g/mol. The summed E-state index contributed by atoms with van der Waals surface area (Å²) in [5.41, 5.74) is 0.581. The van der Waals surface area contributed by atoms with Crippen molar-refractivity contribution >= 4 is 57.1 Å². The summed E-state index contributed by atoms with van der Waals surface area (Å²) in [4.78, 5) is 51.5. The Labute approximate surface area is 219 Å². The standard InChI is InChI=1S/C26H19BrFN3O6/c1-36-21-4-2-3-15(23(21)37-14-22(32)29-18-9-7-17(28)8-10-18)13-20-24(33)30-26(35)31(25(20)34)19-11-5-16(27)6-12-19/h2-13H,14H2,1H3,(H,29,32)(H,30,33,35)/b20-13+. The van der Waals surface area contributed by atoms with Gasteiger partial charge in [-0.2, -0.15) is 0 Å². The molecule has 1 aliphatic rings. The number of hydrogen-bond donors (Lipinski definition) is 2. The van der Waals surface area contributed by atoms with Crippen LogP contribution in [0.4, 0.5) is 20.6 Å². The summed E-state index contributed by atoms with van der Waals surface area (Å²) in [7, 11) is 1.39. The van der Waals surface area contributed by atoms with Gasteiger partial charge in [-0.05, 0) is 60.7 Å². The number of barbiturate groups is 1. The lowest BCUT2D eigenvalue weighted by Gasteiger charge is -2.26. The molecule has 0 atom stereocenters. The Bertz CT molecular complexity index is 1410. The Morgan fingerprint density at radius 3 is 2.43 bits per heavy atom. The molecular formula is C26H19BrFN3O6. The molecule has 3 aromatic rings. The summed E-state index contributed by atoms with van der Waals surface area (Å²) in [6.07, 6.45) is 1.26. The number of urea groups is 1. The van der Waals surface area contributed by atoms with E-state index in [2.05, 4.69) is 26.6 Å². The molecule has 0 spiro atoms. The summed E-state index contributed by atoms with van der Waals surface area (Å²) in [5, 5.41) is 4.73. The molecule has 0 aliphatic carbocycles. The van der Waals surface area contributed by atoms with E-state index in [4.69, 9.17) is 9.47 Å². The number of imide groups is 2. The predicted molar refractivity (Wildman–Crippen MR) is 137 cm³/mol. The third-order valence-electron chi connectivity index (χ3n) is 5.19. The van der Waals surface area contributed by atoms with Gasteiger partial charge in [0, 0.05) is 15.7 Å². The Balaban J connectivity index is 1.61. The van der Waals surface area contributed by atoms with E-state index in [0.717, 1.165) is 9.37 Å². The molecule has 3 aromatic carbocycles. The van der Waals surface area contributed by atoms with Crippen LogP contribution in [0.3, 0.4) is 0 Å². The van der Waals surface area contributed by atoms with E-state index in [0.29, 0.717) is 5.69 Å². The van der Waals surface area contributed by atoms with Crippen molar-refractivity contribution in [2.75, 3.05) is 23.9 Å². The SMILES string of the molecule is COc1cccc(/C=C2\C(=O)NC(=O)N(c3ccc(Br)cc3)C2=O)c1OCC(=O)Nc1ccc(F)cc1. The van der Waals surface area contributed by atoms with Gasteiger partial charge in [-0.1, -0.05) is 28.1 Å². The van der Waals surface area contributed by atoms with Gasteiger partial charge in [0.15, 0.2) is 18.1 Å². The first-order chi connectivity index (χ1) is 17.8. The topological polar surface area (TPSA) is 114 Å². The van der Waals surface area contributed by atoms with Crippen LogP contribution in [0.2, 0.25) is 0 Å². The zero-order valence-corrected chi connectivity index (χ0v) is 20.9. The van der Waals surface area contributed by atoms with Gasteiger partial charge < -0.3 is 14.8 Å². The van der Waals surface area contributed by atoms with Gasteiger partial charge in [0.2, 0.25) is 0 Å². The monoisotopic (exact) mass is 567 g/mol. The molecule has 4 rings (SSSR count). The molecule has 1 saturated heterocycles. The molecule has 2 N–H and O–H groups in total. The molecule has 0 aromatic heterocycles. The van der Waals surface area contributed by atoms with Crippen LogP contribution in [0.5, 0.6) is 11.5 Å². The number of para-hydroxylation sites is 1. The second kappa shape index (κ2) is 11.0. The Morgan fingerprint density at radius 2 is 1.76 bits per heavy atom. The quantitative estimate of drug-likeness (QED) is 0.325. The van der Waals surface area contributed by atoms with E-state index in [-0.39, 0.29) is 28.3 Å². The van der Waals surface area contributed by atoms with Crippen molar-refractivity contribution in [3.63, 3.8) is 0 Å². The lowest BCUT2D eigenvalue weighted by molar-refractivity contribution is -0.122. The van der Waals surface area contributed by atoms with Crippen molar-refractivity contribution < 1.29 is 33.0 Å². The number of amides is 5. The van der Waals surface area contributed by atoms with Crippen LogP contribution in [-0.4, -0.2) is 37.5 Å². The Morgan fingerprint density at radius 1 is 1.05 bits per heavy atom. The minimum atomic E-state index is -0.883. The van der Waals surface area contributed by atoms with Crippen LogP contribution in [0.1, 0.15) is 5.56 Å². The number of methoxy groups -OCH3 is 1. The molecule has 0 unspecified atom stereocenters. The third kappa shape index (κ3) is 5.84. The highest BCUT2D eigenvalue weighted by molar-refractivity contribution is 9.10. The van der Waals surface area contributed by atoms with Gasteiger partial charge >= 0.3 is 6.03 Å². The first kappa shape index (κ1) is 25.6. The number of carbonyl (C=O) groups is 4. The van der Waals surface area contributed by atoms with E-state index in [1.165, 1.54) is 37.5 Å². The fraction of sp³-hybridized carbons (Fsp3) is 0.0769. The third-order valence-corrected chi connectivity index (χ3v) is 5.72. The average molecular weight is 568 g/mol. The largest absolute Gasteiger partial charge is 0.493 e. The summed E-state index contributed by atoms with van der Waals surface area (Å²) in [6.45, 7) is -0.447. The number of rotatable bonds is 7. The van der Waals surface area contributed by atoms with E-state index in [1.54, 1.807) is 42.5 Å². The van der Waals surface area contributed by atoms with E-state index < -0.39 is 36.2 Å². The number of benzene rings is 3. The van der Waals surface area contributed by atoms with Crippen LogP contribution in [0.25, 0.3) is 6.08 Å². The number of carbonyl (C=O) groups excluding carboxylic acids is 4. The van der Waals surface area contributed by atoms with E-state index in [1.807, 2.05) is 0 Å². The van der Waals surface area contributed by atoms with Crippen LogP contribution < -0.4 is 25.0 Å². The molecule has 5 amide bonds. The average Bonchev–Trinajstić information content (AvgIpc) is 2.87. The fourth-order valence-corrected chi connectivity index (χ4v) is 3.73. The maximum atomic E-state index is 13.2. The number of halogens is 2. The molecule has 1 aliphatic heterocycles. The van der Waals surface area contributed by atoms with Crippen LogP contribution in [0, 0.1) is 5.82 Å². The van der Waals surface area contributed by atoms with Crippen molar-refractivity contribution in [1.29, 1.82) is 0 Å². The number of ether oxygens (including phenoxy) is 2. The van der Waals surface area contributed by atoms with Gasteiger partial charge in [0.25, 0.3) is 17.7 Å². The van der Waals surface area contributed by atoms with Gasteiger partial charge in [0.05, 0.1) is 12.8 Å². The normalized spacial score (nSPS) is 14.4. The lowest BCUT2D eigenvalue weighted by atomic mass is 10.1. The van der Waals surface area contributed by atoms with E-state index in [9.17, 15) is 23.6 Å². The highest BCUT2D eigenvalue weighted by Crippen LogP contribution is 2.33. The number of hydrogen-bond acceptors (Lipinski definition) is 6. The van der Waals surface area contributed by atoms with Gasteiger partial charge in [-0.3, -0.25) is 19.7 Å². The van der Waals surface area contributed by atoms with Gasteiger partial charge in [0.1, 0.15) is 11.4 Å². The summed E-state index contributed by atoms with van der Waals surface area (Å²) in [6, 6.07) is 15.5. The van der Waals surface area contributed by atoms with Crippen molar-refractivity contribution in [2.24, 2.45) is 0 Å². The van der Waals surface area contributed by atoms with Crippen molar-refractivity contribution in [3.05, 3.63) is 88.2 Å². The second-order valence-corrected chi connectivity index (χ2v) is 8.57.